The Bertz CT molecular complexity index is 993. The molecule has 30 heavy (non-hydrogen) atoms. The molecule has 0 unspecified atom stereocenters. The normalized spacial score (nSPS) is 13.4. The average molecular weight is 436 g/mol. The number of sulfonamides is 1. The number of nitrogens with zero attached hydrogens (tertiary/aromatic N) is 1. The molecule has 0 bridgehead atoms. The highest BCUT2D eigenvalue weighted by molar-refractivity contribution is 7.92. The molecular weight excluding hydrogens is 412 g/mol. The topological polar surface area (TPSA) is 103 Å². The lowest BCUT2D eigenvalue weighted by atomic mass is 10.2. The maximum absolute atomic E-state index is 12.5. The maximum atomic E-state index is 12.5. The van der Waals surface area contributed by atoms with Crippen molar-refractivity contribution in [2.75, 3.05) is 37.6 Å². The third kappa shape index (κ3) is 5.47. The van der Waals surface area contributed by atoms with Crippen molar-refractivity contribution in [1.82, 2.24) is 5.32 Å². The van der Waals surface area contributed by atoms with E-state index < -0.39 is 15.9 Å². The third-order valence-electron chi connectivity index (χ3n) is 4.30. The highest BCUT2D eigenvalue weighted by atomic mass is 32.2. The molecule has 2 aromatic rings. The van der Waals surface area contributed by atoms with Gasteiger partial charge in [-0.3, -0.25) is 9.10 Å². The van der Waals surface area contributed by atoms with Crippen LogP contribution in [0.15, 0.2) is 42.5 Å². The summed E-state index contributed by atoms with van der Waals surface area (Å²) in [4.78, 5) is 12.5. The van der Waals surface area contributed by atoms with Gasteiger partial charge in [-0.05, 0) is 43.3 Å². The number of amides is 1. The first-order valence-corrected chi connectivity index (χ1v) is 11.0. The van der Waals surface area contributed by atoms with Gasteiger partial charge in [-0.25, -0.2) is 8.42 Å². The molecule has 0 saturated heterocycles. The van der Waals surface area contributed by atoms with Crippen LogP contribution in [0.5, 0.6) is 23.0 Å². The number of nitrogens with one attached hydrogen (secondary N) is 1. The number of hydrogen-bond donors (Lipinski definition) is 1. The summed E-state index contributed by atoms with van der Waals surface area (Å²) in [5.74, 6) is 1.86. The van der Waals surface area contributed by atoms with Crippen molar-refractivity contribution < 1.29 is 32.2 Å². The lowest BCUT2D eigenvalue weighted by Crippen LogP contribution is -2.44. The lowest BCUT2D eigenvalue weighted by molar-refractivity contribution is -0.120. The molecule has 0 aromatic heterocycles. The number of carbonyl (C=O) groups excluding carboxylic acids is 1. The van der Waals surface area contributed by atoms with Gasteiger partial charge in [-0.2, -0.15) is 0 Å². The summed E-state index contributed by atoms with van der Waals surface area (Å²) in [6.07, 6.45) is 1.04. The molecule has 9 nitrogen and oxygen atoms in total. The zero-order valence-electron chi connectivity index (χ0n) is 17.0. The van der Waals surface area contributed by atoms with Crippen molar-refractivity contribution in [2.24, 2.45) is 0 Å². The van der Waals surface area contributed by atoms with Gasteiger partial charge in [0.05, 0.1) is 25.1 Å². The molecule has 1 atom stereocenters. The zero-order chi connectivity index (χ0) is 21.7. The van der Waals surface area contributed by atoms with E-state index in [2.05, 4.69) is 5.32 Å². The summed E-state index contributed by atoms with van der Waals surface area (Å²) in [6, 6.07) is 11.4. The number of methoxy groups -OCH3 is 1. The summed E-state index contributed by atoms with van der Waals surface area (Å²) >= 11 is 0. The summed E-state index contributed by atoms with van der Waals surface area (Å²) in [5.41, 5.74) is 0.319. The van der Waals surface area contributed by atoms with Gasteiger partial charge in [-0.1, -0.05) is 0 Å². The van der Waals surface area contributed by atoms with E-state index in [1.807, 2.05) is 0 Å². The summed E-state index contributed by atoms with van der Waals surface area (Å²) in [5, 5.41) is 2.75. The van der Waals surface area contributed by atoms with E-state index in [0.29, 0.717) is 28.7 Å². The standard InChI is InChI=1S/C20H24N2O7S/c1-14(12-27-17-7-5-16(26-2)6-8-17)21-20(23)11-22(30(3,24)25)15-4-9-18-19(10-15)29-13-28-18/h4-10,14H,11-13H2,1-3H3,(H,21,23)/t14-/m0/s1. The minimum absolute atomic E-state index is 0.0733. The minimum Gasteiger partial charge on any atom is -0.497 e. The average Bonchev–Trinajstić information content (AvgIpc) is 3.18. The van der Waals surface area contributed by atoms with Crippen LogP contribution < -0.4 is 28.6 Å². The van der Waals surface area contributed by atoms with Gasteiger partial charge in [0.25, 0.3) is 0 Å². The number of ether oxygens (including phenoxy) is 4. The third-order valence-corrected chi connectivity index (χ3v) is 5.44. The summed E-state index contributed by atoms with van der Waals surface area (Å²) < 4.78 is 46.8. The van der Waals surface area contributed by atoms with Crippen LogP contribution in [0.1, 0.15) is 6.92 Å². The number of anilines is 1. The van der Waals surface area contributed by atoms with Crippen molar-refractivity contribution in [3.05, 3.63) is 42.5 Å². The predicted molar refractivity (Wildman–Crippen MR) is 111 cm³/mol. The SMILES string of the molecule is COc1ccc(OC[C@H](C)NC(=O)CN(c2ccc3c(c2)OCO3)S(C)(=O)=O)cc1. The van der Waals surface area contributed by atoms with E-state index in [9.17, 15) is 13.2 Å². The van der Waals surface area contributed by atoms with Gasteiger partial charge in [-0.15, -0.1) is 0 Å². The van der Waals surface area contributed by atoms with Crippen LogP contribution >= 0.6 is 0 Å². The van der Waals surface area contributed by atoms with E-state index in [4.69, 9.17) is 18.9 Å². The van der Waals surface area contributed by atoms with Crippen molar-refractivity contribution in [3.63, 3.8) is 0 Å². The maximum Gasteiger partial charge on any atom is 0.241 e. The van der Waals surface area contributed by atoms with E-state index in [0.717, 1.165) is 10.6 Å². The molecule has 0 aliphatic carbocycles. The van der Waals surface area contributed by atoms with Crippen molar-refractivity contribution in [3.8, 4) is 23.0 Å². The molecule has 0 radical (unpaired) electrons. The number of benzene rings is 2. The molecule has 1 amide bonds. The number of rotatable bonds is 9. The van der Waals surface area contributed by atoms with Crippen LogP contribution in [0, 0.1) is 0 Å². The Hall–Kier alpha value is -3.14. The summed E-state index contributed by atoms with van der Waals surface area (Å²) in [6.45, 7) is 1.70. The molecule has 2 aromatic carbocycles. The Morgan fingerprint density at radius 3 is 2.47 bits per heavy atom. The van der Waals surface area contributed by atoms with Crippen LogP contribution in [0.4, 0.5) is 5.69 Å². The van der Waals surface area contributed by atoms with Crippen LogP contribution in [-0.4, -0.2) is 53.7 Å². The Morgan fingerprint density at radius 2 is 1.80 bits per heavy atom. The minimum atomic E-state index is -3.70. The quantitative estimate of drug-likeness (QED) is 0.639. The molecule has 1 aliphatic heterocycles. The second kappa shape index (κ2) is 9.12. The largest absolute Gasteiger partial charge is 0.497 e. The molecular formula is C20H24N2O7S. The van der Waals surface area contributed by atoms with Crippen LogP contribution in [0.3, 0.4) is 0 Å². The summed E-state index contributed by atoms with van der Waals surface area (Å²) in [7, 11) is -2.11. The molecule has 0 saturated carbocycles. The smallest absolute Gasteiger partial charge is 0.241 e. The monoisotopic (exact) mass is 436 g/mol. The molecule has 162 valence electrons. The Kier molecular flexibility index (Phi) is 6.56. The van der Waals surface area contributed by atoms with Gasteiger partial charge < -0.3 is 24.3 Å². The fraction of sp³-hybridized carbons (Fsp3) is 0.350. The molecule has 1 aliphatic rings. The Morgan fingerprint density at radius 1 is 1.13 bits per heavy atom. The molecule has 3 rings (SSSR count). The highest BCUT2D eigenvalue weighted by Gasteiger charge is 2.24. The Balaban J connectivity index is 1.59. The van der Waals surface area contributed by atoms with Crippen LogP contribution in [0.25, 0.3) is 0 Å². The van der Waals surface area contributed by atoms with Gasteiger partial charge in [0, 0.05) is 6.07 Å². The van der Waals surface area contributed by atoms with Gasteiger partial charge in [0.1, 0.15) is 24.7 Å². The van der Waals surface area contributed by atoms with Crippen molar-refractivity contribution in [2.45, 2.75) is 13.0 Å². The van der Waals surface area contributed by atoms with E-state index in [-0.39, 0.29) is 26.0 Å². The van der Waals surface area contributed by atoms with E-state index >= 15 is 0 Å². The second-order valence-electron chi connectivity index (χ2n) is 6.76. The Labute approximate surface area is 175 Å². The van der Waals surface area contributed by atoms with Gasteiger partial charge in [0.2, 0.25) is 22.7 Å². The first-order chi connectivity index (χ1) is 14.3. The van der Waals surface area contributed by atoms with Gasteiger partial charge >= 0.3 is 0 Å². The lowest BCUT2D eigenvalue weighted by Gasteiger charge is -2.23. The molecule has 0 spiro atoms. The fourth-order valence-electron chi connectivity index (χ4n) is 2.83. The van der Waals surface area contributed by atoms with Gasteiger partial charge in [0.15, 0.2) is 11.5 Å². The van der Waals surface area contributed by atoms with Crippen LogP contribution in [-0.2, 0) is 14.8 Å². The van der Waals surface area contributed by atoms with Crippen molar-refractivity contribution in [1.29, 1.82) is 0 Å². The molecule has 1 heterocycles. The predicted octanol–water partition coefficient (Wildman–Crippen LogP) is 1.77. The van der Waals surface area contributed by atoms with E-state index in [1.165, 1.54) is 6.07 Å². The highest BCUT2D eigenvalue weighted by Crippen LogP contribution is 2.36. The number of hydrogen-bond acceptors (Lipinski definition) is 7. The first kappa shape index (κ1) is 21.6. The van der Waals surface area contributed by atoms with Crippen LogP contribution in [0.2, 0.25) is 0 Å². The molecule has 0 fully saturated rings. The fourth-order valence-corrected chi connectivity index (χ4v) is 3.67. The van der Waals surface area contributed by atoms with Crippen molar-refractivity contribution >= 4 is 21.6 Å². The number of carbonyl (C=O) groups is 1. The molecule has 1 N–H and O–H groups in total. The first-order valence-electron chi connectivity index (χ1n) is 9.20. The number of fused-ring (bicyclic) bond motifs is 1. The molecule has 10 heteroatoms. The zero-order valence-corrected chi connectivity index (χ0v) is 17.8. The second-order valence-corrected chi connectivity index (χ2v) is 8.67. The van der Waals surface area contributed by atoms with E-state index in [1.54, 1.807) is 50.4 Å².